The summed E-state index contributed by atoms with van der Waals surface area (Å²) < 4.78 is 26.8. The van der Waals surface area contributed by atoms with Gasteiger partial charge in [0.2, 0.25) is 0 Å². The van der Waals surface area contributed by atoms with Gasteiger partial charge < -0.3 is 10.8 Å². The van der Waals surface area contributed by atoms with Gasteiger partial charge >= 0.3 is 0 Å². The Bertz CT molecular complexity index is 601. The van der Waals surface area contributed by atoms with Crippen LogP contribution in [-0.4, -0.2) is 11.7 Å². The summed E-state index contributed by atoms with van der Waals surface area (Å²) in [6.45, 7) is 1.98. The van der Waals surface area contributed by atoms with Gasteiger partial charge in [0.25, 0.3) is 0 Å². The van der Waals surface area contributed by atoms with Gasteiger partial charge in [-0.2, -0.15) is 0 Å². The number of hydrogen-bond acceptors (Lipinski definition) is 2. The van der Waals surface area contributed by atoms with Crippen LogP contribution in [0, 0.1) is 18.6 Å². The van der Waals surface area contributed by atoms with Crippen molar-refractivity contribution in [3.63, 3.8) is 0 Å². The smallest absolute Gasteiger partial charge is 0.129 e. The molecule has 2 unspecified atom stereocenters. The standard InChI is InChI=1S/C16H17F2NO/c1-10-3-2-4-11(7-10)16(20)14(9-19)13-6-5-12(17)8-15(13)18/h2-8,14,16,20H,9,19H2,1H3. The third kappa shape index (κ3) is 3.03. The van der Waals surface area contributed by atoms with E-state index >= 15 is 0 Å². The van der Waals surface area contributed by atoms with E-state index < -0.39 is 23.7 Å². The number of aryl methyl sites for hydroxylation is 1. The van der Waals surface area contributed by atoms with Crippen molar-refractivity contribution < 1.29 is 13.9 Å². The Morgan fingerprint density at radius 3 is 2.50 bits per heavy atom. The molecule has 0 spiro atoms. The molecule has 0 aliphatic rings. The van der Waals surface area contributed by atoms with Crippen molar-refractivity contribution in [2.75, 3.05) is 6.54 Å². The minimum absolute atomic E-state index is 0.0671. The summed E-state index contributed by atoms with van der Waals surface area (Å²) in [7, 11) is 0. The van der Waals surface area contributed by atoms with E-state index in [9.17, 15) is 13.9 Å². The first-order chi connectivity index (χ1) is 9.52. The Morgan fingerprint density at radius 1 is 1.15 bits per heavy atom. The first-order valence-electron chi connectivity index (χ1n) is 6.42. The molecule has 0 aliphatic carbocycles. The van der Waals surface area contributed by atoms with E-state index in [1.165, 1.54) is 12.1 Å². The van der Waals surface area contributed by atoms with Gasteiger partial charge in [-0.15, -0.1) is 0 Å². The Labute approximate surface area is 116 Å². The molecule has 2 aromatic rings. The summed E-state index contributed by atoms with van der Waals surface area (Å²) in [5.74, 6) is -1.95. The van der Waals surface area contributed by atoms with Crippen LogP contribution in [0.25, 0.3) is 0 Å². The van der Waals surface area contributed by atoms with E-state index in [2.05, 4.69) is 0 Å². The molecule has 0 saturated carbocycles. The zero-order chi connectivity index (χ0) is 14.7. The highest BCUT2D eigenvalue weighted by atomic mass is 19.1. The van der Waals surface area contributed by atoms with E-state index in [-0.39, 0.29) is 12.1 Å². The molecule has 0 fully saturated rings. The van der Waals surface area contributed by atoms with Crippen LogP contribution in [0.4, 0.5) is 8.78 Å². The number of hydrogen-bond donors (Lipinski definition) is 2. The summed E-state index contributed by atoms with van der Waals surface area (Å²) in [6.07, 6.45) is -0.931. The summed E-state index contributed by atoms with van der Waals surface area (Å²) >= 11 is 0. The number of halogens is 2. The zero-order valence-electron chi connectivity index (χ0n) is 11.2. The molecular formula is C16H17F2NO. The largest absolute Gasteiger partial charge is 0.388 e. The van der Waals surface area contributed by atoms with Gasteiger partial charge in [0.1, 0.15) is 11.6 Å². The van der Waals surface area contributed by atoms with Gasteiger partial charge in [0.15, 0.2) is 0 Å². The molecule has 0 bridgehead atoms. The lowest BCUT2D eigenvalue weighted by atomic mass is 9.88. The quantitative estimate of drug-likeness (QED) is 0.902. The van der Waals surface area contributed by atoms with Crippen LogP contribution >= 0.6 is 0 Å². The molecule has 106 valence electrons. The van der Waals surface area contributed by atoms with Crippen LogP contribution in [0.1, 0.15) is 28.7 Å². The zero-order valence-corrected chi connectivity index (χ0v) is 11.2. The van der Waals surface area contributed by atoms with Crippen molar-refractivity contribution in [2.45, 2.75) is 18.9 Å². The fourth-order valence-electron chi connectivity index (χ4n) is 2.31. The third-order valence-corrected chi connectivity index (χ3v) is 3.38. The fourth-order valence-corrected chi connectivity index (χ4v) is 2.31. The second-order valence-corrected chi connectivity index (χ2v) is 4.87. The molecule has 2 nitrogen and oxygen atoms in total. The van der Waals surface area contributed by atoms with Crippen molar-refractivity contribution in [1.82, 2.24) is 0 Å². The van der Waals surface area contributed by atoms with E-state index in [1.807, 2.05) is 25.1 Å². The van der Waals surface area contributed by atoms with Crippen LogP contribution in [0.5, 0.6) is 0 Å². The molecule has 0 amide bonds. The molecule has 2 aromatic carbocycles. The summed E-state index contributed by atoms with van der Waals surface area (Å²) in [5.41, 5.74) is 7.56. The Kier molecular flexibility index (Phi) is 4.47. The first-order valence-corrected chi connectivity index (χ1v) is 6.42. The predicted octanol–water partition coefficient (Wildman–Crippen LogP) is 3.05. The summed E-state index contributed by atoms with van der Waals surface area (Å²) in [5, 5.41) is 10.4. The molecule has 0 aromatic heterocycles. The van der Waals surface area contributed by atoms with Crippen molar-refractivity contribution in [3.8, 4) is 0 Å². The number of aliphatic hydroxyl groups is 1. The number of nitrogens with two attached hydrogens (primary N) is 1. The van der Waals surface area contributed by atoms with Crippen molar-refractivity contribution in [2.24, 2.45) is 5.73 Å². The van der Waals surface area contributed by atoms with Crippen molar-refractivity contribution in [3.05, 3.63) is 70.8 Å². The molecule has 4 heteroatoms. The van der Waals surface area contributed by atoms with Crippen LogP contribution in [-0.2, 0) is 0 Å². The molecule has 0 heterocycles. The topological polar surface area (TPSA) is 46.2 Å². The average Bonchev–Trinajstić information content (AvgIpc) is 2.41. The van der Waals surface area contributed by atoms with Crippen LogP contribution in [0.15, 0.2) is 42.5 Å². The van der Waals surface area contributed by atoms with Gasteiger partial charge in [0.05, 0.1) is 6.10 Å². The van der Waals surface area contributed by atoms with E-state index in [0.29, 0.717) is 5.56 Å². The molecule has 0 aliphatic heterocycles. The molecule has 0 radical (unpaired) electrons. The number of benzene rings is 2. The Balaban J connectivity index is 2.36. The minimum Gasteiger partial charge on any atom is -0.388 e. The van der Waals surface area contributed by atoms with E-state index in [1.54, 1.807) is 6.07 Å². The average molecular weight is 277 g/mol. The highest BCUT2D eigenvalue weighted by Gasteiger charge is 2.24. The SMILES string of the molecule is Cc1cccc(C(O)C(CN)c2ccc(F)cc2F)c1. The van der Waals surface area contributed by atoms with Crippen molar-refractivity contribution in [1.29, 1.82) is 0 Å². The highest BCUT2D eigenvalue weighted by Crippen LogP contribution is 2.32. The summed E-state index contributed by atoms with van der Waals surface area (Å²) in [6, 6.07) is 10.6. The van der Waals surface area contributed by atoms with Crippen LogP contribution < -0.4 is 5.73 Å². The molecule has 2 rings (SSSR count). The second kappa shape index (κ2) is 6.11. The Morgan fingerprint density at radius 2 is 1.90 bits per heavy atom. The van der Waals surface area contributed by atoms with Gasteiger partial charge in [-0.1, -0.05) is 35.9 Å². The molecule has 2 atom stereocenters. The van der Waals surface area contributed by atoms with Gasteiger partial charge in [-0.05, 0) is 24.1 Å². The monoisotopic (exact) mass is 277 g/mol. The minimum atomic E-state index is -0.931. The number of rotatable bonds is 4. The van der Waals surface area contributed by atoms with E-state index in [4.69, 9.17) is 5.73 Å². The van der Waals surface area contributed by atoms with Gasteiger partial charge in [0, 0.05) is 18.5 Å². The summed E-state index contributed by atoms with van der Waals surface area (Å²) in [4.78, 5) is 0. The maximum atomic E-state index is 13.8. The first kappa shape index (κ1) is 14.6. The van der Waals surface area contributed by atoms with Gasteiger partial charge in [-0.3, -0.25) is 0 Å². The predicted molar refractivity (Wildman–Crippen MR) is 74.3 cm³/mol. The highest BCUT2D eigenvalue weighted by molar-refractivity contribution is 5.30. The Hall–Kier alpha value is -1.78. The fraction of sp³-hybridized carbons (Fsp3) is 0.250. The van der Waals surface area contributed by atoms with Crippen LogP contribution in [0.3, 0.4) is 0 Å². The lowest BCUT2D eigenvalue weighted by molar-refractivity contribution is 0.145. The normalized spacial score (nSPS) is 14.1. The molecular weight excluding hydrogens is 260 g/mol. The molecule has 0 saturated heterocycles. The molecule has 20 heavy (non-hydrogen) atoms. The van der Waals surface area contributed by atoms with E-state index in [0.717, 1.165) is 11.6 Å². The van der Waals surface area contributed by atoms with Gasteiger partial charge in [-0.25, -0.2) is 8.78 Å². The second-order valence-electron chi connectivity index (χ2n) is 4.87. The molecule has 3 N–H and O–H groups in total. The number of aliphatic hydroxyl groups excluding tert-OH is 1. The third-order valence-electron chi connectivity index (χ3n) is 3.38. The lowest BCUT2D eigenvalue weighted by Gasteiger charge is -2.23. The lowest BCUT2D eigenvalue weighted by Crippen LogP contribution is -2.21. The maximum Gasteiger partial charge on any atom is 0.129 e. The van der Waals surface area contributed by atoms with Crippen molar-refractivity contribution >= 4 is 0 Å². The van der Waals surface area contributed by atoms with Crippen LogP contribution in [0.2, 0.25) is 0 Å². The maximum absolute atomic E-state index is 13.8.